The number of halogens is 3. The molecule has 0 saturated heterocycles. The van der Waals surface area contributed by atoms with Crippen LogP contribution in [0.15, 0.2) is 36.5 Å². The maximum absolute atomic E-state index is 12.6. The van der Waals surface area contributed by atoms with Crippen molar-refractivity contribution < 1.29 is 13.2 Å². The molecule has 5 heteroatoms. The Labute approximate surface area is 108 Å². The van der Waals surface area contributed by atoms with E-state index in [0.717, 1.165) is 12.1 Å². The van der Waals surface area contributed by atoms with Crippen LogP contribution < -0.4 is 0 Å². The molecule has 1 aromatic heterocycles. The van der Waals surface area contributed by atoms with E-state index in [1.165, 1.54) is 6.07 Å². The first-order valence-corrected chi connectivity index (χ1v) is 5.47. The van der Waals surface area contributed by atoms with Gasteiger partial charge >= 0.3 is 6.18 Å². The number of rotatable bonds is 1. The third kappa shape index (κ3) is 2.58. The zero-order valence-corrected chi connectivity index (χ0v) is 9.99. The van der Waals surface area contributed by atoms with Crippen LogP contribution in [0.4, 0.5) is 13.2 Å². The second-order valence-corrected chi connectivity index (χ2v) is 4.01. The molecule has 2 aromatic rings. The number of alkyl halides is 3. The van der Waals surface area contributed by atoms with Crippen LogP contribution in [0, 0.1) is 18.3 Å². The number of pyridine rings is 1. The average Bonchev–Trinajstić information content (AvgIpc) is 2.37. The number of hydrogen-bond donors (Lipinski definition) is 0. The quantitative estimate of drug-likeness (QED) is 0.780. The summed E-state index contributed by atoms with van der Waals surface area (Å²) in [4.78, 5) is 4.07. The van der Waals surface area contributed by atoms with Crippen LogP contribution in [0.25, 0.3) is 11.1 Å². The number of nitrogens with zero attached hydrogens (tertiary/aromatic N) is 2. The average molecular weight is 262 g/mol. The molecule has 0 aliphatic heterocycles. The maximum atomic E-state index is 12.6. The van der Waals surface area contributed by atoms with E-state index in [9.17, 15) is 13.2 Å². The zero-order valence-electron chi connectivity index (χ0n) is 9.99. The Balaban J connectivity index is 2.61. The van der Waals surface area contributed by atoms with Crippen molar-refractivity contribution in [1.29, 1.82) is 5.26 Å². The molecule has 0 saturated carbocycles. The Morgan fingerprint density at radius 3 is 2.47 bits per heavy atom. The van der Waals surface area contributed by atoms with Crippen molar-refractivity contribution in [1.82, 2.24) is 4.98 Å². The van der Waals surface area contributed by atoms with Gasteiger partial charge in [0.2, 0.25) is 0 Å². The number of hydrogen-bond acceptors (Lipinski definition) is 2. The molecule has 19 heavy (non-hydrogen) atoms. The van der Waals surface area contributed by atoms with E-state index < -0.39 is 11.7 Å². The molecule has 0 unspecified atom stereocenters. The largest absolute Gasteiger partial charge is 0.416 e. The fraction of sp³-hybridized carbons (Fsp3) is 0.143. The van der Waals surface area contributed by atoms with E-state index in [0.29, 0.717) is 16.8 Å². The molecule has 0 fully saturated rings. The van der Waals surface area contributed by atoms with E-state index in [1.54, 1.807) is 31.3 Å². The van der Waals surface area contributed by atoms with Gasteiger partial charge in [0.05, 0.1) is 17.2 Å². The van der Waals surface area contributed by atoms with E-state index in [-0.39, 0.29) is 5.56 Å². The van der Waals surface area contributed by atoms with Gasteiger partial charge in [0, 0.05) is 23.0 Å². The van der Waals surface area contributed by atoms with Gasteiger partial charge in [-0.15, -0.1) is 0 Å². The highest BCUT2D eigenvalue weighted by Gasteiger charge is 2.31. The first-order valence-electron chi connectivity index (χ1n) is 5.47. The summed E-state index contributed by atoms with van der Waals surface area (Å²) < 4.78 is 37.8. The fourth-order valence-corrected chi connectivity index (χ4v) is 1.82. The van der Waals surface area contributed by atoms with Crippen molar-refractivity contribution in [2.24, 2.45) is 0 Å². The molecule has 1 heterocycles. The number of aryl methyl sites for hydroxylation is 1. The lowest BCUT2D eigenvalue weighted by Gasteiger charge is -2.11. The van der Waals surface area contributed by atoms with Crippen LogP contribution in [-0.4, -0.2) is 4.98 Å². The predicted molar refractivity (Wildman–Crippen MR) is 64.1 cm³/mol. The molecule has 2 rings (SSSR count). The summed E-state index contributed by atoms with van der Waals surface area (Å²) in [5.41, 5.74) is 0.952. The maximum Gasteiger partial charge on any atom is 0.416 e. The summed E-state index contributed by atoms with van der Waals surface area (Å²) in [5, 5.41) is 9.02. The van der Waals surface area contributed by atoms with Gasteiger partial charge < -0.3 is 0 Å². The van der Waals surface area contributed by atoms with Gasteiger partial charge in [0.1, 0.15) is 0 Å². The SMILES string of the molecule is Cc1ncccc1-c1ccc(C(F)(F)F)cc1C#N. The highest BCUT2D eigenvalue weighted by atomic mass is 19.4. The first-order chi connectivity index (χ1) is 8.93. The lowest BCUT2D eigenvalue weighted by Crippen LogP contribution is -2.05. The van der Waals surface area contributed by atoms with E-state index in [2.05, 4.69) is 4.98 Å². The molecule has 0 aliphatic carbocycles. The summed E-state index contributed by atoms with van der Waals surface area (Å²) in [6.07, 6.45) is -2.86. The molecule has 0 amide bonds. The van der Waals surface area contributed by atoms with Crippen molar-refractivity contribution in [3.05, 3.63) is 53.3 Å². The van der Waals surface area contributed by atoms with Crippen molar-refractivity contribution >= 4 is 0 Å². The zero-order chi connectivity index (χ0) is 14.0. The Morgan fingerprint density at radius 1 is 1.16 bits per heavy atom. The Hall–Kier alpha value is -2.35. The summed E-state index contributed by atoms with van der Waals surface area (Å²) >= 11 is 0. The fourth-order valence-electron chi connectivity index (χ4n) is 1.82. The highest BCUT2D eigenvalue weighted by molar-refractivity contribution is 5.72. The smallest absolute Gasteiger partial charge is 0.261 e. The Bertz CT molecular complexity index is 654. The van der Waals surface area contributed by atoms with Crippen molar-refractivity contribution in [3.63, 3.8) is 0 Å². The Morgan fingerprint density at radius 2 is 1.89 bits per heavy atom. The third-order valence-corrected chi connectivity index (χ3v) is 2.76. The number of benzene rings is 1. The van der Waals surface area contributed by atoms with Crippen LogP contribution in [0.2, 0.25) is 0 Å². The second-order valence-electron chi connectivity index (χ2n) is 4.01. The van der Waals surface area contributed by atoms with Gasteiger partial charge in [0.15, 0.2) is 0 Å². The summed E-state index contributed by atoms with van der Waals surface area (Å²) in [6, 6.07) is 8.36. The standard InChI is InChI=1S/C14H9F3N2/c1-9-12(3-2-6-19-9)13-5-4-11(14(15,16)17)7-10(13)8-18/h2-7H,1H3. The van der Waals surface area contributed by atoms with Crippen LogP contribution in [0.3, 0.4) is 0 Å². The molecule has 0 aliphatic rings. The predicted octanol–water partition coefficient (Wildman–Crippen LogP) is 3.95. The van der Waals surface area contributed by atoms with Crippen LogP contribution in [-0.2, 0) is 6.18 Å². The van der Waals surface area contributed by atoms with Gasteiger partial charge in [-0.25, -0.2) is 0 Å². The second kappa shape index (κ2) is 4.73. The molecule has 96 valence electrons. The Kier molecular flexibility index (Phi) is 3.26. The van der Waals surface area contributed by atoms with Crippen molar-refractivity contribution in [2.45, 2.75) is 13.1 Å². The van der Waals surface area contributed by atoms with Crippen molar-refractivity contribution in [2.75, 3.05) is 0 Å². The third-order valence-electron chi connectivity index (χ3n) is 2.76. The van der Waals surface area contributed by atoms with Crippen LogP contribution in [0.5, 0.6) is 0 Å². The van der Waals surface area contributed by atoms with Gasteiger partial charge in [-0.3, -0.25) is 4.98 Å². The van der Waals surface area contributed by atoms with E-state index >= 15 is 0 Å². The minimum atomic E-state index is -4.45. The highest BCUT2D eigenvalue weighted by Crippen LogP contribution is 2.33. The van der Waals surface area contributed by atoms with Crippen LogP contribution >= 0.6 is 0 Å². The van der Waals surface area contributed by atoms with Gasteiger partial charge in [-0.05, 0) is 25.1 Å². The summed E-state index contributed by atoms with van der Waals surface area (Å²) in [7, 11) is 0. The number of nitriles is 1. The van der Waals surface area contributed by atoms with Crippen LogP contribution in [0.1, 0.15) is 16.8 Å². The molecule has 0 spiro atoms. The molecule has 0 bridgehead atoms. The first kappa shape index (κ1) is 13.1. The lowest BCUT2D eigenvalue weighted by molar-refractivity contribution is -0.137. The molecule has 0 N–H and O–H groups in total. The molecule has 0 radical (unpaired) electrons. The monoisotopic (exact) mass is 262 g/mol. The van der Waals surface area contributed by atoms with Gasteiger partial charge in [-0.2, -0.15) is 18.4 Å². The van der Waals surface area contributed by atoms with Gasteiger partial charge in [-0.1, -0.05) is 12.1 Å². The topological polar surface area (TPSA) is 36.7 Å². The minimum Gasteiger partial charge on any atom is -0.261 e. The van der Waals surface area contributed by atoms with Crippen molar-refractivity contribution in [3.8, 4) is 17.2 Å². The molecule has 2 nitrogen and oxygen atoms in total. The molecular formula is C14H9F3N2. The van der Waals surface area contributed by atoms with Gasteiger partial charge in [0.25, 0.3) is 0 Å². The molecular weight excluding hydrogens is 253 g/mol. The summed E-state index contributed by atoms with van der Waals surface area (Å²) in [6.45, 7) is 1.74. The van der Waals surface area contributed by atoms with E-state index in [1.807, 2.05) is 0 Å². The normalized spacial score (nSPS) is 11.1. The molecule has 0 atom stereocenters. The van der Waals surface area contributed by atoms with E-state index in [4.69, 9.17) is 5.26 Å². The molecule has 1 aromatic carbocycles. The lowest BCUT2D eigenvalue weighted by atomic mass is 9.97. The summed E-state index contributed by atoms with van der Waals surface area (Å²) in [5.74, 6) is 0. The number of aromatic nitrogens is 1. The minimum absolute atomic E-state index is 0.00840.